The molecule has 0 radical (unpaired) electrons. The van der Waals surface area contributed by atoms with Crippen molar-refractivity contribution < 1.29 is 9.90 Å². The first kappa shape index (κ1) is 12.8. The summed E-state index contributed by atoms with van der Waals surface area (Å²) in [7, 11) is 0. The molecule has 4 N–H and O–H groups in total. The van der Waals surface area contributed by atoms with E-state index in [0.717, 1.165) is 11.1 Å². The zero-order chi connectivity index (χ0) is 14.0. The van der Waals surface area contributed by atoms with Crippen LogP contribution < -0.4 is 11.3 Å². The second-order valence-electron chi connectivity index (χ2n) is 4.22. The van der Waals surface area contributed by atoms with Crippen LogP contribution in [0.5, 0.6) is 0 Å². The molecule has 1 heterocycles. The minimum atomic E-state index is -1.12. The van der Waals surface area contributed by atoms with E-state index in [1.165, 1.54) is 0 Å². The molecule has 98 valence electrons. The maximum Gasteiger partial charge on any atom is 0.308 e. The molecule has 0 aliphatic carbocycles. The molecule has 1 aromatic heterocycles. The third-order valence-corrected chi connectivity index (χ3v) is 2.67. The second kappa shape index (κ2) is 4.93. The molecule has 0 saturated carbocycles. The lowest BCUT2D eigenvalue weighted by Gasteiger charge is -2.06. The summed E-state index contributed by atoms with van der Waals surface area (Å²) in [5.74, 6) is -0.842. The number of aromatic nitrogens is 2. The number of aliphatic carboxylic acids is 1. The Balaban J connectivity index is 2.51. The highest BCUT2D eigenvalue weighted by molar-refractivity contribution is 5.72. The number of nitrogens with two attached hydrogens (primary N) is 1. The lowest BCUT2D eigenvalue weighted by Crippen LogP contribution is -2.21. The molecule has 0 amide bonds. The standard InChI is InChI=1S/C13H13N3O3/c1-7-3-2-4-8(5-7)12-15-11(14)9(6-10(17)18)13(19)16-12/h2-5H,6H2,1H3,(H,17,18)(H3,14,15,16,19). The van der Waals surface area contributed by atoms with Gasteiger partial charge in [0.15, 0.2) is 0 Å². The van der Waals surface area contributed by atoms with Crippen LogP contribution in [0.15, 0.2) is 29.1 Å². The van der Waals surface area contributed by atoms with Gasteiger partial charge in [0.05, 0.1) is 12.0 Å². The van der Waals surface area contributed by atoms with E-state index in [2.05, 4.69) is 9.97 Å². The summed E-state index contributed by atoms with van der Waals surface area (Å²) in [6.45, 7) is 1.92. The summed E-state index contributed by atoms with van der Waals surface area (Å²) in [5, 5.41) is 8.70. The number of carbonyl (C=O) groups is 1. The molecule has 2 aromatic rings. The van der Waals surface area contributed by atoms with E-state index in [4.69, 9.17) is 10.8 Å². The van der Waals surface area contributed by atoms with E-state index < -0.39 is 17.9 Å². The number of carboxylic acid groups (broad SMARTS) is 1. The first-order valence-electron chi connectivity index (χ1n) is 5.65. The second-order valence-corrected chi connectivity index (χ2v) is 4.22. The van der Waals surface area contributed by atoms with Gasteiger partial charge in [0.1, 0.15) is 11.6 Å². The first-order chi connectivity index (χ1) is 8.97. The van der Waals surface area contributed by atoms with E-state index in [-0.39, 0.29) is 11.4 Å². The summed E-state index contributed by atoms with van der Waals surface area (Å²) >= 11 is 0. The van der Waals surface area contributed by atoms with Gasteiger partial charge >= 0.3 is 5.97 Å². The van der Waals surface area contributed by atoms with Crippen LogP contribution in [0.1, 0.15) is 11.1 Å². The molecule has 6 nitrogen and oxygen atoms in total. The average Bonchev–Trinajstić information content (AvgIpc) is 2.33. The number of hydrogen-bond acceptors (Lipinski definition) is 4. The molecule has 2 rings (SSSR count). The van der Waals surface area contributed by atoms with Gasteiger partial charge in [0.2, 0.25) is 0 Å². The van der Waals surface area contributed by atoms with Gasteiger partial charge in [-0.3, -0.25) is 9.59 Å². The number of carboxylic acids is 1. The molecule has 0 unspecified atom stereocenters. The molecule has 0 aliphatic rings. The van der Waals surface area contributed by atoms with Crippen LogP contribution in [0.2, 0.25) is 0 Å². The van der Waals surface area contributed by atoms with Crippen molar-refractivity contribution in [2.75, 3.05) is 5.73 Å². The SMILES string of the molecule is Cc1cccc(-c2nc(N)c(CC(=O)O)c(=O)[nH]2)c1. The van der Waals surface area contributed by atoms with Crippen molar-refractivity contribution in [1.29, 1.82) is 0 Å². The molecule has 6 heteroatoms. The topological polar surface area (TPSA) is 109 Å². The predicted molar refractivity (Wildman–Crippen MR) is 70.8 cm³/mol. The Morgan fingerprint density at radius 2 is 2.21 bits per heavy atom. The highest BCUT2D eigenvalue weighted by Gasteiger charge is 2.13. The van der Waals surface area contributed by atoms with Crippen LogP contribution >= 0.6 is 0 Å². The molecule has 0 atom stereocenters. The Bertz CT molecular complexity index is 692. The van der Waals surface area contributed by atoms with Crippen LogP contribution in [0.4, 0.5) is 5.82 Å². The summed E-state index contributed by atoms with van der Waals surface area (Å²) in [6, 6.07) is 7.41. The van der Waals surface area contributed by atoms with Gasteiger partial charge in [-0.05, 0) is 13.0 Å². The first-order valence-corrected chi connectivity index (χ1v) is 5.65. The Morgan fingerprint density at radius 3 is 2.79 bits per heavy atom. The number of aryl methyl sites for hydroxylation is 1. The molecular weight excluding hydrogens is 246 g/mol. The highest BCUT2D eigenvalue weighted by atomic mass is 16.4. The monoisotopic (exact) mass is 259 g/mol. The van der Waals surface area contributed by atoms with Crippen molar-refractivity contribution in [3.8, 4) is 11.4 Å². The zero-order valence-corrected chi connectivity index (χ0v) is 10.3. The van der Waals surface area contributed by atoms with Gasteiger partial charge in [0.25, 0.3) is 5.56 Å². The molecule has 0 spiro atoms. The lowest BCUT2D eigenvalue weighted by atomic mass is 10.1. The third-order valence-electron chi connectivity index (χ3n) is 2.67. The van der Waals surface area contributed by atoms with Crippen molar-refractivity contribution in [2.24, 2.45) is 0 Å². The van der Waals surface area contributed by atoms with Crippen molar-refractivity contribution in [1.82, 2.24) is 9.97 Å². The van der Waals surface area contributed by atoms with E-state index in [1.54, 1.807) is 6.07 Å². The van der Waals surface area contributed by atoms with Crippen LogP contribution in [-0.2, 0) is 11.2 Å². The summed E-state index contributed by atoms with van der Waals surface area (Å²) in [4.78, 5) is 29.1. The third kappa shape index (κ3) is 2.79. The number of anilines is 1. The lowest BCUT2D eigenvalue weighted by molar-refractivity contribution is -0.136. The molecular formula is C13H13N3O3. The van der Waals surface area contributed by atoms with Crippen molar-refractivity contribution >= 4 is 11.8 Å². The number of benzene rings is 1. The smallest absolute Gasteiger partial charge is 0.308 e. The maximum absolute atomic E-state index is 11.8. The quantitative estimate of drug-likeness (QED) is 0.760. The van der Waals surface area contributed by atoms with E-state index in [9.17, 15) is 9.59 Å². The fourth-order valence-electron chi connectivity index (χ4n) is 1.77. The molecule has 1 aromatic carbocycles. The van der Waals surface area contributed by atoms with E-state index in [1.807, 2.05) is 25.1 Å². The number of nitrogens with zero attached hydrogens (tertiary/aromatic N) is 1. The normalized spacial score (nSPS) is 10.4. The Hall–Kier alpha value is -2.63. The zero-order valence-electron chi connectivity index (χ0n) is 10.3. The molecule has 19 heavy (non-hydrogen) atoms. The number of hydrogen-bond donors (Lipinski definition) is 3. The maximum atomic E-state index is 11.8. The minimum absolute atomic E-state index is 0.0242. The van der Waals surface area contributed by atoms with Gasteiger partial charge in [-0.1, -0.05) is 23.8 Å². The summed E-state index contributed by atoms with van der Waals surface area (Å²) in [6.07, 6.45) is -0.442. The predicted octanol–water partition coefficient (Wildman–Crippen LogP) is 0.955. The van der Waals surface area contributed by atoms with Crippen LogP contribution in [-0.4, -0.2) is 21.0 Å². The minimum Gasteiger partial charge on any atom is -0.481 e. The summed E-state index contributed by atoms with van der Waals surface area (Å²) < 4.78 is 0. The average molecular weight is 259 g/mol. The Labute approximate surface area is 108 Å². The molecule has 0 bridgehead atoms. The van der Waals surface area contributed by atoms with Crippen LogP contribution in [0.3, 0.4) is 0 Å². The highest BCUT2D eigenvalue weighted by Crippen LogP contribution is 2.17. The van der Waals surface area contributed by atoms with Crippen LogP contribution in [0.25, 0.3) is 11.4 Å². The van der Waals surface area contributed by atoms with Gasteiger partial charge in [-0.25, -0.2) is 4.98 Å². The number of H-pyrrole nitrogens is 1. The van der Waals surface area contributed by atoms with Crippen molar-refractivity contribution in [3.63, 3.8) is 0 Å². The molecule has 0 saturated heterocycles. The van der Waals surface area contributed by atoms with E-state index in [0.29, 0.717) is 5.82 Å². The van der Waals surface area contributed by atoms with Crippen LogP contribution in [0, 0.1) is 6.92 Å². The number of rotatable bonds is 3. The van der Waals surface area contributed by atoms with Gasteiger partial charge in [-0.2, -0.15) is 0 Å². The Kier molecular flexibility index (Phi) is 3.33. The number of nitrogen functional groups attached to an aromatic ring is 1. The molecule has 0 aliphatic heterocycles. The van der Waals surface area contributed by atoms with Crippen molar-refractivity contribution in [2.45, 2.75) is 13.3 Å². The van der Waals surface area contributed by atoms with Gasteiger partial charge in [-0.15, -0.1) is 0 Å². The fourth-order valence-corrected chi connectivity index (χ4v) is 1.77. The van der Waals surface area contributed by atoms with Gasteiger partial charge < -0.3 is 15.8 Å². The Morgan fingerprint density at radius 1 is 1.47 bits per heavy atom. The molecule has 0 fully saturated rings. The summed E-state index contributed by atoms with van der Waals surface area (Å²) in [5.41, 5.74) is 6.85. The number of aromatic amines is 1. The van der Waals surface area contributed by atoms with Crippen molar-refractivity contribution in [3.05, 3.63) is 45.7 Å². The fraction of sp³-hybridized carbons (Fsp3) is 0.154. The van der Waals surface area contributed by atoms with E-state index >= 15 is 0 Å². The number of nitrogens with one attached hydrogen (secondary N) is 1. The largest absolute Gasteiger partial charge is 0.481 e. The van der Waals surface area contributed by atoms with Gasteiger partial charge in [0, 0.05) is 5.56 Å².